The van der Waals surface area contributed by atoms with E-state index in [2.05, 4.69) is 10.5 Å². The molecule has 8 nitrogen and oxygen atoms in total. The van der Waals surface area contributed by atoms with Crippen LogP contribution >= 0.6 is 11.6 Å². The predicted octanol–water partition coefficient (Wildman–Crippen LogP) is 4.54. The molecule has 0 saturated heterocycles. The number of nitro groups is 1. The molecule has 1 N–H and O–H groups in total. The average Bonchev–Trinajstić information content (AvgIpc) is 2.75. The summed E-state index contributed by atoms with van der Waals surface area (Å²) in [6, 6.07) is 16.8. The number of ether oxygens (including phenoxy) is 1. The lowest BCUT2D eigenvalue weighted by Crippen LogP contribution is -2.17. The minimum Gasteiger partial charge on any atom is -0.415 e. The Balaban J connectivity index is 1.83. The van der Waals surface area contributed by atoms with E-state index in [9.17, 15) is 19.7 Å². The van der Waals surface area contributed by atoms with Crippen LogP contribution in [0.5, 0.6) is 5.75 Å². The third-order valence-electron chi connectivity index (χ3n) is 4.18. The van der Waals surface area contributed by atoms with Crippen LogP contribution in [0.4, 0.5) is 5.69 Å². The van der Waals surface area contributed by atoms with Crippen LogP contribution in [0.25, 0.3) is 0 Å². The number of aryl methyl sites for hydroxylation is 1. The van der Waals surface area contributed by atoms with Gasteiger partial charge in [0.2, 0.25) is 5.75 Å². The standard InChI is InChI=1S/C22H16ClN3O5/c1-14-5-7-15(8-6-14)21(27)25-24-13-17-3-2-4-19(26(29)30)20(17)31-22(28)16-9-11-18(23)12-10-16/h2-13H,1H3,(H,25,27)/b24-13+. The first-order valence-electron chi connectivity index (χ1n) is 9.00. The Hall–Kier alpha value is -4.04. The number of nitro benzene ring substituents is 1. The van der Waals surface area contributed by atoms with Crippen LogP contribution in [-0.4, -0.2) is 23.0 Å². The van der Waals surface area contributed by atoms with E-state index in [1.165, 1.54) is 48.7 Å². The van der Waals surface area contributed by atoms with E-state index >= 15 is 0 Å². The Morgan fingerprint density at radius 1 is 1.03 bits per heavy atom. The Morgan fingerprint density at radius 2 is 1.68 bits per heavy atom. The predicted molar refractivity (Wildman–Crippen MR) is 116 cm³/mol. The van der Waals surface area contributed by atoms with E-state index < -0.39 is 22.5 Å². The van der Waals surface area contributed by atoms with Crippen molar-refractivity contribution >= 4 is 35.4 Å². The number of hydrogen-bond acceptors (Lipinski definition) is 6. The smallest absolute Gasteiger partial charge is 0.343 e. The monoisotopic (exact) mass is 437 g/mol. The summed E-state index contributed by atoms with van der Waals surface area (Å²) in [4.78, 5) is 35.4. The first kappa shape index (κ1) is 21.7. The maximum absolute atomic E-state index is 12.4. The number of hydrogen-bond donors (Lipinski definition) is 1. The van der Waals surface area contributed by atoms with Crippen LogP contribution in [0, 0.1) is 17.0 Å². The fourth-order valence-electron chi connectivity index (χ4n) is 2.57. The summed E-state index contributed by atoms with van der Waals surface area (Å²) in [5, 5.41) is 15.7. The van der Waals surface area contributed by atoms with Gasteiger partial charge in [-0.1, -0.05) is 35.4 Å². The summed E-state index contributed by atoms with van der Waals surface area (Å²) in [7, 11) is 0. The number of amides is 1. The molecule has 1 amide bonds. The van der Waals surface area contributed by atoms with Crippen molar-refractivity contribution in [3.63, 3.8) is 0 Å². The van der Waals surface area contributed by atoms with Gasteiger partial charge in [-0.2, -0.15) is 5.10 Å². The Morgan fingerprint density at radius 3 is 2.32 bits per heavy atom. The van der Waals surface area contributed by atoms with Gasteiger partial charge in [0.25, 0.3) is 5.91 Å². The highest BCUT2D eigenvalue weighted by Crippen LogP contribution is 2.30. The normalized spacial score (nSPS) is 10.6. The average molecular weight is 438 g/mol. The SMILES string of the molecule is Cc1ccc(C(=O)N/N=C/c2cccc([N+](=O)[O-])c2OC(=O)c2ccc(Cl)cc2)cc1. The van der Waals surface area contributed by atoms with E-state index in [0.717, 1.165) is 5.56 Å². The number of carbonyl (C=O) groups is 2. The molecule has 9 heteroatoms. The maximum Gasteiger partial charge on any atom is 0.343 e. The number of benzene rings is 3. The second-order valence-electron chi connectivity index (χ2n) is 6.41. The Kier molecular flexibility index (Phi) is 6.74. The maximum atomic E-state index is 12.4. The van der Waals surface area contributed by atoms with Gasteiger partial charge >= 0.3 is 11.7 Å². The quantitative estimate of drug-likeness (QED) is 0.200. The first-order chi connectivity index (χ1) is 14.8. The molecule has 0 aromatic heterocycles. The number of esters is 1. The molecule has 0 fully saturated rings. The second kappa shape index (κ2) is 9.64. The van der Waals surface area contributed by atoms with Crippen molar-refractivity contribution in [1.29, 1.82) is 0 Å². The lowest BCUT2D eigenvalue weighted by molar-refractivity contribution is -0.385. The van der Waals surface area contributed by atoms with Gasteiger partial charge < -0.3 is 4.74 Å². The molecule has 0 spiro atoms. The van der Waals surface area contributed by atoms with E-state index in [1.54, 1.807) is 24.3 Å². The number of nitrogens with one attached hydrogen (secondary N) is 1. The molecule has 0 radical (unpaired) electrons. The molecule has 0 bridgehead atoms. The summed E-state index contributed by atoms with van der Waals surface area (Å²) >= 11 is 5.81. The number of halogens is 1. The Labute approximate surface area is 182 Å². The van der Waals surface area contributed by atoms with Gasteiger partial charge in [0.1, 0.15) is 0 Å². The van der Waals surface area contributed by atoms with Gasteiger partial charge in [0, 0.05) is 22.2 Å². The van der Waals surface area contributed by atoms with Crippen molar-refractivity contribution in [2.75, 3.05) is 0 Å². The highest BCUT2D eigenvalue weighted by Gasteiger charge is 2.22. The first-order valence-corrected chi connectivity index (χ1v) is 9.38. The zero-order chi connectivity index (χ0) is 22.4. The lowest BCUT2D eigenvalue weighted by atomic mass is 10.1. The van der Waals surface area contributed by atoms with E-state index in [1.807, 2.05) is 6.92 Å². The van der Waals surface area contributed by atoms with Crippen LogP contribution in [0.2, 0.25) is 5.02 Å². The van der Waals surface area contributed by atoms with Crippen molar-refractivity contribution in [2.24, 2.45) is 5.10 Å². The minimum absolute atomic E-state index is 0.140. The minimum atomic E-state index is -0.802. The molecule has 0 atom stereocenters. The largest absolute Gasteiger partial charge is 0.415 e. The third-order valence-corrected chi connectivity index (χ3v) is 4.43. The molecular weight excluding hydrogens is 422 g/mol. The molecule has 0 aliphatic carbocycles. The summed E-state index contributed by atoms with van der Waals surface area (Å²) in [5.74, 6) is -1.55. The van der Waals surface area contributed by atoms with E-state index in [4.69, 9.17) is 16.3 Å². The molecule has 31 heavy (non-hydrogen) atoms. The number of nitrogens with zero attached hydrogens (tertiary/aromatic N) is 2. The topological polar surface area (TPSA) is 111 Å². The lowest BCUT2D eigenvalue weighted by Gasteiger charge is -2.08. The van der Waals surface area contributed by atoms with Gasteiger partial charge in [-0.25, -0.2) is 10.2 Å². The Bertz CT molecular complexity index is 1160. The van der Waals surface area contributed by atoms with Crippen LogP contribution in [0.15, 0.2) is 71.8 Å². The number of hydrazone groups is 1. The van der Waals surface area contributed by atoms with Gasteiger partial charge in [0.05, 0.1) is 16.7 Å². The highest BCUT2D eigenvalue weighted by molar-refractivity contribution is 6.30. The molecular formula is C22H16ClN3O5. The molecule has 156 valence electrons. The highest BCUT2D eigenvalue weighted by atomic mass is 35.5. The van der Waals surface area contributed by atoms with Crippen molar-refractivity contribution < 1.29 is 19.2 Å². The molecule has 0 heterocycles. The molecule has 3 aromatic rings. The number of para-hydroxylation sites is 1. The zero-order valence-corrected chi connectivity index (χ0v) is 17.0. The summed E-state index contributed by atoms with van der Waals surface area (Å²) in [6.45, 7) is 1.90. The second-order valence-corrected chi connectivity index (χ2v) is 6.85. The summed E-state index contributed by atoms with van der Waals surface area (Å²) in [5.41, 5.74) is 3.63. The molecule has 0 aliphatic rings. The number of carbonyl (C=O) groups excluding carboxylic acids is 2. The fraction of sp³-hybridized carbons (Fsp3) is 0.0455. The number of rotatable bonds is 6. The third kappa shape index (κ3) is 5.52. The van der Waals surface area contributed by atoms with Crippen molar-refractivity contribution in [1.82, 2.24) is 5.43 Å². The molecule has 0 aliphatic heterocycles. The van der Waals surface area contributed by atoms with Crippen molar-refractivity contribution in [2.45, 2.75) is 6.92 Å². The van der Waals surface area contributed by atoms with Crippen LogP contribution in [0.1, 0.15) is 31.8 Å². The van der Waals surface area contributed by atoms with Gasteiger partial charge in [-0.3, -0.25) is 14.9 Å². The summed E-state index contributed by atoms with van der Waals surface area (Å²) < 4.78 is 5.29. The van der Waals surface area contributed by atoms with Crippen LogP contribution < -0.4 is 10.2 Å². The molecule has 3 rings (SSSR count). The van der Waals surface area contributed by atoms with Crippen molar-refractivity contribution in [3.8, 4) is 5.75 Å². The molecule has 0 unspecified atom stereocenters. The van der Waals surface area contributed by atoms with E-state index in [0.29, 0.717) is 10.6 Å². The van der Waals surface area contributed by atoms with Gasteiger partial charge in [-0.05, 0) is 49.4 Å². The van der Waals surface area contributed by atoms with Crippen LogP contribution in [-0.2, 0) is 0 Å². The van der Waals surface area contributed by atoms with E-state index in [-0.39, 0.29) is 16.9 Å². The van der Waals surface area contributed by atoms with Gasteiger partial charge in [-0.15, -0.1) is 0 Å². The summed E-state index contributed by atoms with van der Waals surface area (Å²) in [6.07, 6.45) is 1.17. The zero-order valence-electron chi connectivity index (χ0n) is 16.2. The molecule has 3 aromatic carbocycles. The molecule has 0 saturated carbocycles. The van der Waals surface area contributed by atoms with Gasteiger partial charge in [0.15, 0.2) is 0 Å². The van der Waals surface area contributed by atoms with Crippen LogP contribution in [0.3, 0.4) is 0 Å². The fourth-order valence-corrected chi connectivity index (χ4v) is 2.69. The van der Waals surface area contributed by atoms with Crippen molar-refractivity contribution in [3.05, 3.63) is 104 Å².